The summed E-state index contributed by atoms with van der Waals surface area (Å²) in [7, 11) is 0. The second kappa shape index (κ2) is 10.5. The van der Waals surface area contributed by atoms with Crippen molar-refractivity contribution in [3.05, 3.63) is 90.2 Å². The summed E-state index contributed by atoms with van der Waals surface area (Å²) in [6.07, 6.45) is 13.6. The van der Waals surface area contributed by atoms with Crippen LogP contribution in [0.3, 0.4) is 0 Å². The molecule has 1 N–H and O–H groups in total. The number of hydrogen-bond donors (Lipinski definition) is 1. The van der Waals surface area contributed by atoms with Gasteiger partial charge in [-0.3, -0.25) is 9.59 Å². The minimum absolute atomic E-state index is 0.100. The summed E-state index contributed by atoms with van der Waals surface area (Å²) in [4.78, 5) is 37.1. The number of amides is 2. The maximum Gasteiger partial charge on any atom is 0.246 e. The molecule has 3 aromatic rings. The van der Waals surface area contributed by atoms with Gasteiger partial charge in [-0.05, 0) is 43.2 Å². The van der Waals surface area contributed by atoms with Gasteiger partial charge in [0.1, 0.15) is 36.4 Å². The van der Waals surface area contributed by atoms with Gasteiger partial charge in [0.15, 0.2) is 0 Å². The number of nitrogens with one attached hydrogen (secondary N) is 1. The van der Waals surface area contributed by atoms with Crippen molar-refractivity contribution >= 4 is 17.5 Å². The third kappa shape index (κ3) is 4.32. The summed E-state index contributed by atoms with van der Waals surface area (Å²) in [5, 5.41) is 2.85. The first-order chi connectivity index (χ1) is 18.9. The molecule has 0 aliphatic carbocycles. The lowest BCUT2D eigenvalue weighted by molar-refractivity contribution is -0.125. The molecule has 8 heteroatoms. The van der Waals surface area contributed by atoms with Gasteiger partial charge in [-0.1, -0.05) is 30.7 Å². The highest BCUT2D eigenvalue weighted by atomic mass is 16.5. The van der Waals surface area contributed by atoms with Crippen LogP contribution in [-0.2, 0) is 21.4 Å². The minimum atomic E-state index is -1.08. The highest BCUT2D eigenvalue weighted by Gasteiger charge is 2.58. The summed E-state index contributed by atoms with van der Waals surface area (Å²) in [6, 6.07) is 9.67. The number of nitrogens with zero attached hydrogens (tertiary/aromatic N) is 3. The van der Waals surface area contributed by atoms with Gasteiger partial charge in [0.05, 0.1) is 6.61 Å². The number of rotatable bonds is 4. The number of carbonyl (C=O) groups excluding carboxylic acids is 2. The lowest BCUT2D eigenvalue weighted by Crippen LogP contribution is -2.46. The molecule has 1 aromatic heterocycles. The summed E-state index contributed by atoms with van der Waals surface area (Å²) >= 11 is 0. The van der Waals surface area contributed by atoms with Crippen LogP contribution < -0.4 is 19.7 Å². The molecule has 1 spiro atoms. The van der Waals surface area contributed by atoms with Gasteiger partial charge in [-0.25, -0.2) is 9.97 Å². The first-order valence-corrected chi connectivity index (χ1v) is 12.6. The van der Waals surface area contributed by atoms with Gasteiger partial charge in [0.2, 0.25) is 11.8 Å². The van der Waals surface area contributed by atoms with E-state index >= 15 is 0 Å². The van der Waals surface area contributed by atoms with E-state index in [4.69, 9.17) is 9.47 Å². The van der Waals surface area contributed by atoms with Gasteiger partial charge < -0.3 is 19.7 Å². The number of hydrogen-bond acceptors (Lipinski definition) is 6. The Morgan fingerprint density at radius 1 is 1.26 bits per heavy atom. The Bertz CT molecular complexity index is 1540. The third-order valence-electron chi connectivity index (χ3n) is 7.13. The molecule has 0 saturated heterocycles. The average molecular weight is 521 g/mol. The Balaban J connectivity index is 0.000000723. The standard InChI is InChI=1S/C27H24N4O4.C4H4/c1-3-16(2)30-24(32)13-31-21-6-4-5-19(18-11-28-15-29-12-18)25(21)27(26(31)33)14-35-23-10-22-17(7-8-34-22)9-20(23)27;1-3-4-2/h3-6,9-12,15H,7-8,13-14H2,1-2H3,(H,30,32);1,4H,2H2/b16-3+;. The number of ether oxygens (including phenoxy) is 2. The quantitative estimate of drug-likeness (QED) is 0.524. The van der Waals surface area contributed by atoms with Crippen molar-refractivity contribution in [2.45, 2.75) is 25.7 Å². The Kier molecular flexibility index (Phi) is 6.90. The smallest absolute Gasteiger partial charge is 0.246 e. The molecule has 2 aromatic carbocycles. The van der Waals surface area contributed by atoms with Crippen molar-refractivity contribution in [2.24, 2.45) is 0 Å². The maximum atomic E-state index is 14.3. The van der Waals surface area contributed by atoms with E-state index < -0.39 is 5.41 Å². The van der Waals surface area contributed by atoms with Crippen LogP contribution in [0.5, 0.6) is 11.5 Å². The number of anilines is 1. The fraction of sp³-hybridized carbons (Fsp3) is 0.226. The van der Waals surface area contributed by atoms with Crippen LogP contribution in [0.25, 0.3) is 11.1 Å². The predicted octanol–water partition coefficient (Wildman–Crippen LogP) is 3.95. The van der Waals surface area contributed by atoms with Crippen LogP contribution in [0.15, 0.2) is 73.5 Å². The molecule has 1 unspecified atom stereocenters. The Morgan fingerprint density at radius 3 is 2.74 bits per heavy atom. The lowest BCUT2D eigenvalue weighted by atomic mass is 9.74. The predicted molar refractivity (Wildman–Crippen MR) is 148 cm³/mol. The van der Waals surface area contributed by atoms with E-state index in [9.17, 15) is 9.59 Å². The zero-order valence-corrected chi connectivity index (χ0v) is 21.9. The number of allylic oxidation sites excluding steroid dienone is 3. The van der Waals surface area contributed by atoms with E-state index in [1.807, 2.05) is 50.3 Å². The van der Waals surface area contributed by atoms with E-state index in [0.717, 1.165) is 45.7 Å². The van der Waals surface area contributed by atoms with Crippen LogP contribution in [0.2, 0.25) is 0 Å². The minimum Gasteiger partial charge on any atom is -0.493 e. The zero-order valence-electron chi connectivity index (χ0n) is 21.9. The fourth-order valence-electron chi connectivity index (χ4n) is 5.28. The molecule has 0 fully saturated rings. The molecule has 0 saturated carbocycles. The largest absolute Gasteiger partial charge is 0.493 e. The highest BCUT2D eigenvalue weighted by Crippen LogP contribution is 2.56. The van der Waals surface area contributed by atoms with E-state index in [2.05, 4.69) is 34.2 Å². The number of aromatic nitrogens is 2. The molecule has 2 amide bonds. The summed E-state index contributed by atoms with van der Waals surface area (Å²) in [6.45, 7) is 7.57. The van der Waals surface area contributed by atoms with Crippen LogP contribution in [-0.4, -0.2) is 41.5 Å². The maximum absolute atomic E-state index is 14.3. The second-order valence-electron chi connectivity index (χ2n) is 9.36. The van der Waals surface area contributed by atoms with E-state index in [1.54, 1.807) is 17.3 Å². The normalized spacial score (nSPS) is 18.1. The van der Waals surface area contributed by atoms with Gasteiger partial charge in [-0.2, -0.15) is 0 Å². The van der Waals surface area contributed by atoms with Crippen LogP contribution in [0.4, 0.5) is 5.69 Å². The monoisotopic (exact) mass is 520 g/mol. The SMILES string of the molecule is C#CC=C.C/C=C(\C)NC(=O)CN1C(=O)C2(COc3cc4c(cc32)CCO4)c2c(-c3cncnc3)cccc21. The molecule has 196 valence electrons. The summed E-state index contributed by atoms with van der Waals surface area (Å²) in [5.74, 6) is 3.20. The van der Waals surface area contributed by atoms with Crippen molar-refractivity contribution < 1.29 is 19.1 Å². The van der Waals surface area contributed by atoms with Crippen LogP contribution in [0, 0.1) is 12.3 Å². The van der Waals surface area contributed by atoms with Crippen LogP contribution >= 0.6 is 0 Å². The van der Waals surface area contributed by atoms with E-state index in [1.165, 1.54) is 12.4 Å². The Morgan fingerprint density at radius 2 is 2.03 bits per heavy atom. The van der Waals surface area contributed by atoms with Gasteiger partial charge in [-0.15, -0.1) is 6.42 Å². The zero-order chi connectivity index (χ0) is 27.6. The number of terminal acetylenes is 1. The molecule has 3 aliphatic rings. The number of benzene rings is 2. The summed E-state index contributed by atoms with van der Waals surface area (Å²) in [5.41, 5.74) is 4.67. The molecule has 6 rings (SSSR count). The first kappa shape index (κ1) is 25.7. The third-order valence-corrected chi connectivity index (χ3v) is 7.13. The topological polar surface area (TPSA) is 93.7 Å². The highest BCUT2D eigenvalue weighted by molar-refractivity contribution is 6.15. The van der Waals surface area contributed by atoms with Gasteiger partial charge in [0, 0.05) is 53.0 Å². The number of carbonyl (C=O) groups is 2. The fourth-order valence-corrected chi connectivity index (χ4v) is 5.28. The second-order valence-corrected chi connectivity index (χ2v) is 9.36. The van der Waals surface area contributed by atoms with Gasteiger partial charge >= 0.3 is 0 Å². The van der Waals surface area contributed by atoms with E-state index in [-0.39, 0.29) is 25.0 Å². The Labute approximate surface area is 227 Å². The summed E-state index contributed by atoms with van der Waals surface area (Å²) < 4.78 is 11.9. The molecule has 8 nitrogen and oxygen atoms in total. The molecule has 4 heterocycles. The lowest BCUT2D eigenvalue weighted by Gasteiger charge is -2.24. The number of fused-ring (bicyclic) bond motifs is 5. The van der Waals surface area contributed by atoms with Crippen molar-refractivity contribution in [3.63, 3.8) is 0 Å². The molecule has 0 bridgehead atoms. The average Bonchev–Trinajstić information content (AvgIpc) is 3.64. The molecular formula is C31H28N4O4. The van der Waals surface area contributed by atoms with Crippen molar-refractivity contribution in [1.82, 2.24) is 15.3 Å². The molecule has 0 radical (unpaired) electrons. The van der Waals surface area contributed by atoms with Crippen molar-refractivity contribution in [3.8, 4) is 35.0 Å². The molecule has 3 aliphatic heterocycles. The molecule has 1 atom stereocenters. The van der Waals surface area contributed by atoms with Crippen molar-refractivity contribution in [2.75, 3.05) is 24.7 Å². The molecular weight excluding hydrogens is 492 g/mol. The molecule has 39 heavy (non-hydrogen) atoms. The van der Waals surface area contributed by atoms with Crippen LogP contribution in [0.1, 0.15) is 30.5 Å². The van der Waals surface area contributed by atoms with Crippen molar-refractivity contribution in [1.29, 1.82) is 0 Å². The van der Waals surface area contributed by atoms with Gasteiger partial charge in [0.25, 0.3) is 0 Å². The van der Waals surface area contributed by atoms with E-state index in [0.29, 0.717) is 18.0 Å². The first-order valence-electron chi connectivity index (χ1n) is 12.6. The Hall–Kier alpha value is -4.90.